The third kappa shape index (κ3) is 77700. The summed E-state index contributed by atoms with van der Waals surface area (Å²) in [5.41, 5.74) is 0. The maximum Gasteiger partial charge on any atom is 0.0878 e. The Morgan fingerprint density at radius 1 is 0.400 bits per heavy atom. The van der Waals surface area contributed by atoms with Crippen molar-refractivity contribution in [3.63, 3.8) is 0 Å². The quantitative estimate of drug-likeness (QED) is 0.358. The molecule has 0 aliphatic carbocycles. The van der Waals surface area contributed by atoms with Crippen molar-refractivity contribution in [1.29, 1.82) is 0 Å². The molecular weight excluding hydrogens is 179 g/mol. The number of hydrogen-bond donors (Lipinski definition) is 0. The summed E-state index contributed by atoms with van der Waals surface area (Å²) < 4.78 is 7.83. The Labute approximate surface area is 61.5 Å². The maximum atomic E-state index is 7.83. The molecule has 0 aromatic heterocycles. The van der Waals surface area contributed by atoms with E-state index in [0.717, 1.165) is 0 Å². The van der Waals surface area contributed by atoms with Gasteiger partial charge in [-0.25, -0.2) is 0 Å². The molecule has 0 aliphatic heterocycles. The Bertz CT molecular complexity index is 4.69. The number of hydrogen-bond acceptors (Lipinski definition) is 1. The lowest BCUT2D eigenvalue weighted by molar-refractivity contribution is -1.000. The van der Waals surface area contributed by atoms with E-state index >= 15 is 0 Å². The molecular formula is H17ClO9. The largest absolute Gasteiger partial charge is 0.547 e. The fourth-order valence-corrected chi connectivity index (χ4v) is 0. The molecule has 0 aromatic carbocycles. The van der Waals surface area contributed by atoms with Gasteiger partial charge < -0.3 is 48.5 Å². The Kier molecular flexibility index (Phi) is 10500000. The van der Waals surface area contributed by atoms with Gasteiger partial charge in [-0.05, 0) is 0 Å². The third-order valence-corrected chi connectivity index (χ3v) is 0. The fraction of sp³-hybridized carbons (Fsp3) is 0. The van der Waals surface area contributed by atoms with E-state index in [1.807, 2.05) is 0 Å². The van der Waals surface area contributed by atoms with Gasteiger partial charge in [0.1, 0.15) is 0 Å². The van der Waals surface area contributed by atoms with Crippen LogP contribution < -0.4 is 4.66 Å². The van der Waals surface area contributed by atoms with Crippen LogP contribution >= 0.6 is 0 Å². The second-order valence-corrected chi connectivity index (χ2v) is 0. The van der Waals surface area contributed by atoms with Crippen LogP contribution in [0.25, 0.3) is 0 Å². The van der Waals surface area contributed by atoms with Gasteiger partial charge >= 0.3 is 0 Å². The van der Waals surface area contributed by atoms with Gasteiger partial charge in [-0.1, -0.05) is 0 Å². The minimum atomic E-state index is 0. The molecule has 0 amide bonds. The van der Waals surface area contributed by atoms with E-state index in [9.17, 15) is 0 Å². The molecule has 0 fully saturated rings. The molecule has 0 rings (SSSR count). The second kappa shape index (κ2) is 115000. The molecule has 78 valence electrons. The standard InChI is InChI=1S/ClHO.8H2O/c1-2;;;;;;;;/h1H;8*1H2. The zero-order chi connectivity index (χ0) is 2.00. The van der Waals surface area contributed by atoms with E-state index in [2.05, 4.69) is 11.9 Å². The summed E-state index contributed by atoms with van der Waals surface area (Å²) in [6.07, 6.45) is 0. The van der Waals surface area contributed by atoms with E-state index in [1.54, 1.807) is 0 Å². The highest BCUT2D eigenvalue weighted by Crippen LogP contribution is 0.569. The van der Waals surface area contributed by atoms with Gasteiger partial charge in [0, 0.05) is 0 Å². The number of halogens is 1. The summed E-state index contributed by atoms with van der Waals surface area (Å²) in [6, 6.07) is 0. The van der Waals surface area contributed by atoms with Crippen molar-refractivity contribution in [2.24, 2.45) is 0 Å². The van der Waals surface area contributed by atoms with E-state index in [1.165, 1.54) is 0 Å². The summed E-state index contributed by atoms with van der Waals surface area (Å²) in [5, 5.41) is 0. The summed E-state index contributed by atoms with van der Waals surface area (Å²) in [6.45, 7) is 0. The lowest BCUT2D eigenvalue weighted by atomic mass is 15.9. The Balaban J connectivity index is -0.000000000179. The van der Waals surface area contributed by atoms with Gasteiger partial charge in [0.25, 0.3) is 0 Å². The predicted molar refractivity (Wildman–Crippen MR) is 30.3 cm³/mol. The first-order valence-electron chi connectivity index (χ1n) is 0.167. The minimum Gasteiger partial charge on any atom is -0.547 e. The lowest BCUT2D eigenvalue weighted by Gasteiger charge is -1.28. The van der Waals surface area contributed by atoms with Crippen molar-refractivity contribution in [2.75, 3.05) is 0 Å². The van der Waals surface area contributed by atoms with Gasteiger partial charge in [-0.15, -0.1) is 0 Å². The van der Waals surface area contributed by atoms with Crippen LogP contribution in [0.15, 0.2) is 0 Å². The van der Waals surface area contributed by atoms with Gasteiger partial charge in [-0.3, -0.25) is 0 Å². The Morgan fingerprint density at radius 2 is 0.400 bits per heavy atom. The predicted octanol–water partition coefficient (Wildman–Crippen LogP) is -8.05. The van der Waals surface area contributed by atoms with Crippen molar-refractivity contribution < 1.29 is 60.3 Å². The van der Waals surface area contributed by atoms with Crippen molar-refractivity contribution >= 4 is 0 Å². The van der Waals surface area contributed by atoms with E-state index in [4.69, 9.17) is 4.66 Å². The van der Waals surface area contributed by atoms with Gasteiger partial charge in [0.05, 0.1) is 11.9 Å². The molecule has 10 heteroatoms. The van der Waals surface area contributed by atoms with Crippen LogP contribution in [0, 0.1) is 11.9 Å². The summed E-state index contributed by atoms with van der Waals surface area (Å²) in [5.74, 6) is 0. The second-order valence-electron chi connectivity index (χ2n) is 0. The number of rotatable bonds is 0. The molecule has 0 aliphatic rings. The van der Waals surface area contributed by atoms with Crippen molar-refractivity contribution in [1.82, 2.24) is 0 Å². The molecule has 16 N–H and O–H groups in total. The molecule has 0 saturated carbocycles. The van der Waals surface area contributed by atoms with Gasteiger partial charge in [-0.2, -0.15) is 0 Å². The smallest absolute Gasteiger partial charge is 0.0878 e. The third-order valence-electron chi connectivity index (χ3n) is 0. The topological polar surface area (TPSA) is 275 Å². The van der Waals surface area contributed by atoms with Crippen molar-refractivity contribution in [2.45, 2.75) is 0 Å². The first-order valence-corrected chi connectivity index (χ1v) is 0.500. The van der Waals surface area contributed by atoms with Crippen LogP contribution in [-0.4, -0.2) is 43.8 Å². The maximum absolute atomic E-state index is 7.83. The molecule has 9 nitrogen and oxygen atoms in total. The molecule has 0 spiro atoms. The van der Waals surface area contributed by atoms with Crippen LogP contribution in [-0.2, 0) is 0 Å². The van der Waals surface area contributed by atoms with Gasteiger partial charge in [0.15, 0.2) is 0 Å². The lowest BCUT2D eigenvalue weighted by Crippen LogP contribution is -1.76. The average Bonchev–Trinajstić information content (AvgIpc) is 1.00. The summed E-state index contributed by atoms with van der Waals surface area (Å²) in [4.78, 5) is 0. The molecule has 0 radical (unpaired) electrons. The average molecular weight is 197 g/mol. The molecule has 0 unspecified atom stereocenters. The zero-order valence-corrected chi connectivity index (χ0v) is 5.63. The Hall–Kier alpha value is -0.0700. The highest BCUT2D eigenvalue weighted by atomic mass is 35.5. The summed E-state index contributed by atoms with van der Waals surface area (Å²) in [7, 11) is 0. The molecule has 0 saturated heterocycles. The van der Waals surface area contributed by atoms with E-state index < -0.39 is 0 Å². The minimum absolute atomic E-state index is 0. The first kappa shape index (κ1) is 916. The molecule has 0 atom stereocenters. The van der Waals surface area contributed by atoms with Crippen molar-refractivity contribution in [3.05, 3.63) is 0 Å². The van der Waals surface area contributed by atoms with Crippen LogP contribution in [0.5, 0.6) is 0 Å². The monoisotopic (exact) mass is 196 g/mol. The fourth-order valence-electron chi connectivity index (χ4n) is 0. The highest BCUT2D eigenvalue weighted by Gasteiger charge is 0.819. The zero-order valence-electron chi connectivity index (χ0n) is 4.82. The van der Waals surface area contributed by atoms with Crippen LogP contribution in [0.3, 0.4) is 0 Å². The highest BCUT2D eigenvalue weighted by molar-refractivity contribution is 1.00. The summed E-state index contributed by atoms with van der Waals surface area (Å²) >= 11 is 2.83. The van der Waals surface area contributed by atoms with Gasteiger partial charge in [0.2, 0.25) is 0 Å². The van der Waals surface area contributed by atoms with E-state index in [0.29, 0.717) is 0 Å². The van der Waals surface area contributed by atoms with E-state index in [-0.39, 0.29) is 43.8 Å². The molecule has 0 heterocycles. The normalized spacial score (nSPS) is 0.600. The van der Waals surface area contributed by atoms with Crippen LogP contribution in [0.4, 0.5) is 0 Å². The first-order chi connectivity index (χ1) is 1.00. The SMILES string of the molecule is O.O.O.O.O.O.O.O.[O-][ClH+]. The van der Waals surface area contributed by atoms with Crippen LogP contribution in [0.1, 0.15) is 0 Å². The molecule has 0 aromatic rings. The van der Waals surface area contributed by atoms with Crippen LogP contribution in [0.2, 0.25) is 0 Å². The van der Waals surface area contributed by atoms with Crippen molar-refractivity contribution in [3.8, 4) is 0 Å². The molecule has 0 bridgehead atoms. The Morgan fingerprint density at radius 3 is 0.400 bits per heavy atom. The molecule has 10 heavy (non-hydrogen) atoms.